The monoisotopic (exact) mass is 312 g/mol. The number of carbonyl (C=O) groups is 1. The highest BCUT2D eigenvalue weighted by Gasteiger charge is 2.12. The highest BCUT2D eigenvalue weighted by atomic mass is 16.5. The van der Waals surface area contributed by atoms with Gasteiger partial charge in [-0.15, -0.1) is 0 Å². The summed E-state index contributed by atoms with van der Waals surface area (Å²) in [6.45, 7) is 2.69. The summed E-state index contributed by atoms with van der Waals surface area (Å²) >= 11 is 0. The van der Waals surface area contributed by atoms with E-state index in [4.69, 9.17) is 4.74 Å². The second kappa shape index (κ2) is 8.03. The number of ether oxygens (including phenoxy) is 1. The van der Waals surface area contributed by atoms with Gasteiger partial charge in [0.25, 0.3) is 0 Å². The van der Waals surface area contributed by atoms with E-state index in [1.807, 2.05) is 24.3 Å². The van der Waals surface area contributed by atoms with Gasteiger partial charge in [-0.25, -0.2) is 4.79 Å². The van der Waals surface area contributed by atoms with Crippen LogP contribution in [0, 0.1) is 0 Å². The molecule has 0 unspecified atom stereocenters. The highest BCUT2D eigenvalue weighted by molar-refractivity contribution is 6.20. The van der Waals surface area contributed by atoms with E-state index in [-0.39, 0.29) is 11.3 Å². The first-order chi connectivity index (χ1) is 11.1. The third-order valence-corrected chi connectivity index (χ3v) is 3.38. The summed E-state index contributed by atoms with van der Waals surface area (Å²) in [6, 6.07) is 13.5. The van der Waals surface area contributed by atoms with Crippen LogP contribution in [0.3, 0.4) is 0 Å². The van der Waals surface area contributed by atoms with Crippen LogP contribution in [0.1, 0.15) is 30.9 Å². The molecule has 0 amide bonds. The molecule has 0 aliphatic carbocycles. The van der Waals surface area contributed by atoms with Crippen molar-refractivity contribution >= 4 is 17.6 Å². The fourth-order valence-corrected chi connectivity index (χ4v) is 2.12. The lowest BCUT2D eigenvalue weighted by molar-refractivity contribution is -0.130. The fraction of sp³-hybridized carbons (Fsp3) is 0.211. The van der Waals surface area contributed by atoms with Gasteiger partial charge < -0.3 is 14.9 Å². The number of hydrogen-bond donors (Lipinski definition) is 2. The van der Waals surface area contributed by atoms with Crippen molar-refractivity contribution in [2.45, 2.75) is 19.8 Å². The molecule has 0 spiro atoms. The molecule has 0 radical (unpaired) electrons. The predicted octanol–water partition coefficient (Wildman–Crippen LogP) is 4.20. The Morgan fingerprint density at radius 1 is 1.13 bits per heavy atom. The summed E-state index contributed by atoms with van der Waals surface area (Å²) in [4.78, 5) is 11.6. The van der Waals surface area contributed by atoms with Crippen molar-refractivity contribution < 1.29 is 19.7 Å². The summed E-state index contributed by atoms with van der Waals surface area (Å²) in [6.07, 6.45) is 3.57. The van der Waals surface area contributed by atoms with Crippen LogP contribution in [0.2, 0.25) is 0 Å². The summed E-state index contributed by atoms with van der Waals surface area (Å²) < 4.78 is 5.74. The largest absolute Gasteiger partial charge is 0.508 e. The predicted molar refractivity (Wildman–Crippen MR) is 90.5 cm³/mol. The van der Waals surface area contributed by atoms with E-state index in [1.165, 1.54) is 12.1 Å². The van der Waals surface area contributed by atoms with Crippen molar-refractivity contribution in [3.63, 3.8) is 0 Å². The Morgan fingerprint density at radius 3 is 2.48 bits per heavy atom. The van der Waals surface area contributed by atoms with Gasteiger partial charge in [0.15, 0.2) is 0 Å². The molecular formula is C19H20O4. The van der Waals surface area contributed by atoms with Crippen molar-refractivity contribution in [2.75, 3.05) is 6.61 Å². The maximum Gasteiger partial charge on any atom is 0.336 e. The van der Waals surface area contributed by atoms with Gasteiger partial charge >= 0.3 is 5.97 Å². The van der Waals surface area contributed by atoms with Crippen LogP contribution >= 0.6 is 0 Å². The van der Waals surface area contributed by atoms with Crippen LogP contribution in [-0.4, -0.2) is 22.8 Å². The van der Waals surface area contributed by atoms with Gasteiger partial charge in [-0.1, -0.05) is 43.7 Å². The molecule has 0 saturated heterocycles. The van der Waals surface area contributed by atoms with Crippen molar-refractivity contribution in [3.05, 3.63) is 59.7 Å². The number of phenolic OH excluding ortho intramolecular Hbond substituents is 1. The first-order valence-corrected chi connectivity index (χ1v) is 7.58. The lowest BCUT2D eigenvalue weighted by atomic mass is 10.0. The zero-order valence-corrected chi connectivity index (χ0v) is 13.0. The number of hydrogen-bond acceptors (Lipinski definition) is 3. The smallest absolute Gasteiger partial charge is 0.336 e. The van der Waals surface area contributed by atoms with E-state index in [9.17, 15) is 15.0 Å². The van der Waals surface area contributed by atoms with Gasteiger partial charge in [0.1, 0.15) is 11.5 Å². The Balaban J connectivity index is 2.36. The molecule has 0 fully saturated rings. The molecule has 4 heteroatoms. The highest BCUT2D eigenvalue weighted by Crippen LogP contribution is 2.26. The average Bonchev–Trinajstić information content (AvgIpc) is 2.55. The molecule has 0 aliphatic rings. The zero-order chi connectivity index (χ0) is 16.7. The number of carboxylic acid groups (broad SMARTS) is 1. The molecule has 23 heavy (non-hydrogen) atoms. The number of para-hydroxylation sites is 1. The molecular weight excluding hydrogens is 292 g/mol. The third-order valence-electron chi connectivity index (χ3n) is 3.38. The van der Waals surface area contributed by atoms with Gasteiger partial charge in [-0.05, 0) is 36.3 Å². The topological polar surface area (TPSA) is 66.8 Å². The Hall–Kier alpha value is -2.75. The summed E-state index contributed by atoms with van der Waals surface area (Å²) in [5, 5.41) is 18.8. The maximum absolute atomic E-state index is 11.6. The SMILES string of the molecule is CCCCOc1ccccc1/C=C(\C(=O)O)c1ccc(O)cc1. The van der Waals surface area contributed by atoms with Crippen LogP contribution in [-0.2, 0) is 4.79 Å². The van der Waals surface area contributed by atoms with Gasteiger partial charge in [-0.3, -0.25) is 0 Å². The van der Waals surface area contributed by atoms with Gasteiger partial charge in [-0.2, -0.15) is 0 Å². The number of aromatic hydroxyl groups is 1. The Morgan fingerprint density at radius 2 is 1.83 bits per heavy atom. The molecule has 2 aromatic rings. The molecule has 0 bridgehead atoms. The van der Waals surface area contributed by atoms with Crippen LogP contribution in [0.4, 0.5) is 0 Å². The van der Waals surface area contributed by atoms with Gasteiger partial charge in [0, 0.05) is 5.56 Å². The van der Waals surface area contributed by atoms with E-state index in [1.54, 1.807) is 18.2 Å². The standard InChI is InChI=1S/C19H20O4/c1-2-3-12-23-18-7-5-4-6-15(18)13-17(19(21)22)14-8-10-16(20)11-9-14/h4-11,13,20H,2-3,12H2,1H3,(H,21,22)/b17-13-. The zero-order valence-electron chi connectivity index (χ0n) is 13.0. The second-order valence-corrected chi connectivity index (χ2v) is 5.15. The minimum Gasteiger partial charge on any atom is -0.508 e. The van der Waals surface area contributed by atoms with Crippen LogP contribution < -0.4 is 4.74 Å². The van der Waals surface area contributed by atoms with E-state index >= 15 is 0 Å². The fourth-order valence-electron chi connectivity index (χ4n) is 2.12. The Labute approximate surface area is 135 Å². The van der Waals surface area contributed by atoms with E-state index in [0.717, 1.165) is 12.8 Å². The van der Waals surface area contributed by atoms with Crippen molar-refractivity contribution in [2.24, 2.45) is 0 Å². The van der Waals surface area contributed by atoms with Crippen molar-refractivity contribution in [1.82, 2.24) is 0 Å². The molecule has 0 saturated carbocycles. The minimum atomic E-state index is -1.03. The molecule has 0 aliphatic heterocycles. The van der Waals surface area contributed by atoms with Gasteiger partial charge in [0.05, 0.1) is 12.2 Å². The third kappa shape index (κ3) is 4.61. The van der Waals surface area contributed by atoms with Gasteiger partial charge in [0.2, 0.25) is 0 Å². The van der Waals surface area contributed by atoms with Crippen LogP contribution in [0.5, 0.6) is 11.5 Å². The first kappa shape index (κ1) is 16.6. The van der Waals surface area contributed by atoms with Crippen LogP contribution in [0.15, 0.2) is 48.5 Å². The maximum atomic E-state index is 11.6. The number of benzene rings is 2. The Kier molecular flexibility index (Phi) is 5.80. The number of phenols is 1. The first-order valence-electron chi connectivity index (χ1n) is 7.58. The molecule has 4 nitrogen and oxygen atoms in total. The number of aliphatic carboxylic acids is 1. The Bertz CT molecular complexity index is 687. The van der Waals surface area contributed by atoms with Crippen LogP contribution in [0.25, 0.3) is 11.6 Å². The van der Waals surface area contributed by atoms with Crippen molar-refractivity contribution in [3.8, 4) is 11.5 Å². The molecule has 2 N–H and O–H groups in total. The summed E-state index contributed by atoms with van der Waals surface area (Å²) in [7, 11) is 0. The van der Waals surface area contributed by atoms with E-state index in [2.05, 4.69) is 6.92 Å². The lowest BCUT2D eigenvalue weighted by Gasteiger charge is -2.10. The molecule has 0 heterocycles. The molecule has 2 rings (SSSR count). The molecule has 0 atom stereocenters. The summed E-state index contributed by atoms with van der Waals surface area (Å²) in [5.74, 6) is -0.265. The number of unbranched alkanes of at least 4 members (excludes halogenated alkanes) is 1. The molecule has 0 aromatic heterocycles. The molecule has 120 valence electrons. The quantitative estimate of drug-likeness (QED) is 0.457. The van der Waals surface area contributed by atoms with E-state index < -0.39 is 5.97 Å². The second-order valence-electron chi connectivity index (χ2n) is 5.15. The van der Waals surface area contributed by atoms with Crippen molar-refractivity contribution in [1.29, 1.82) is 0 Å². The van der Waals surface area contributed by atoms with E-state index in [0.29, 0.717) is 23.5 Å². The minimum absolute atomic E-state index is 0.0989. The number of carboxylic acids is 1. The molecule has 2 aromatic carbocycles. The summed E-state index contributed by atoms with van der Waals surface area (Å²) in [5.41, 5.74) is 1.39. The average molecular weight is 312 g/mol. The normalized spacial score (nSPS) is 11.3. The lowest BCUT2D eigenvalue weighted by Crippen LogP contribution is -2.01. The number of rotatable bonds is 7.